The molecule has 0 aliphatic carbocycles. The highest BCUT2D eigenvalue weighted by Crippen LogP contribution is 2.45. The van der Waals surface area contributed by atoms with E-state index >= 15 is 0 Å². The van der Waals surface area contributed by atoms with Crippen molar-refractivity contribution in [1.82, 2.24) is 4.90 Å². The van der Waals surface area contributed by atoms with E-state index in [-0.39, 0.29) is 6.54 Å². The number of likely N-dealkylation sites (tertiary alicyclic amines) is 1. The predicted octanol–water partition coefficient (Wildman–Crippen LogP) is 1.98. The van der Waals surface area contributed by atoms with Gasteiger partial charge in [-0.05, 0) is 13.3 Å². The summed E-state index contributed by atoms with van der Waals surface area (Å²) in [5.41, 5.74) is -2.85. The van der Waals surface area contributed by atoms with Crippen molar-refractivity contribution in [2.75, 3.05) is 13.1 Å². The molecule has 7 heteroatoms. The number of nitrogens with zero attached hydrogens (tertiary/aromatic N) is 1. The Morgan fingerprint density at radius 1 is 1.32 bits per heavy atom. The van der Waals surface area contributed by atoms with Gasteiger partial charge in [0, 0.05) is 19.2 Å². The molecule has 1 aliphatic heterocycles. The summed E-state index contributed by atoms with van der Waals surface area (Å²) in [5.74, 6) is -2.56. The summed E-state index contributed by atoms with van der Waals surface area (Å²) in [7, 11) is 0. The van der Waals surface area contributed by atoms with E-state index in [0.717, 1.165) is 11.0 Å². The van der Waals surface area contributed by atoms with Gasteiger partial charge >= 0.3 is 12.1 Å². The quantitative estimate of drug-likeness (QED) is 0.634. The van der Waals surface area contributed by atoms with E-state index in [1.165, 1.54) is 6.08 Å². The van der Waals surface area contributed by atoms with Crippen LogP contribution in [0.2, 0.25) is 0 Å². The summed E-state index contributed by atoms with van der Waals surface area (Å²) in [5, 5.41) is 8.83. The van der Waals surface area contributed by atoms with Crippen LogP contribution in [-0.4, -0.2) is 41.1 Å². The van der Waals surface area contributed by atoms with Crippen LogP contribution in [0.1, 0.15) is 13.3 Å². The van der Waals surface area contributed by atoms with E-state index in [2.05, 4.69) is 0 Å². The molecular formula is C12H14F3NO3. The zero-order valence-electron chi connectivity index (χ0n) is 10.3. The number of halogens is 3. The molecule has 1 fully saturated rings. The van der Waals surface area contributed by atoms with E-state index in [1.807, 2.05) is 0 Å². The third-order valence-electron chi connectivity index (χ3n) is 3.08. The number of carboxylic acid groups (broad SMARTS) is 1. The van der Waals surface area contributed by atoms with Crippen molar-refractivity contribution in [3.63, 3.8) is 0 Å². The van der Waals surface area contributed by atoms with Gasteiger partial charge in [0.1, 0.15) is 0 Å². The molecule has 1 amide bonds. The second-order valence-corrected chi connectivity index (χ2v) is 4.28. The average molecular weight is 277 g/mol. The highest BCUT2D eigenvalue weighted by Gasteiger charge is 2.64. The molecule has 1 saturated heterocycles. The van der Waals surface area contributed by atoms with Gasteiger partial charge in [-0.15, -0.1) is 0 Å². The molecule has 0 bridgehead atoms. The molecule has 0 aromatic carbocycles. The van der Waals surface area contributed by atoms with Gasteiger partial charge in [0.15, 0.2) is 5.41 Å². The molecule has 19 heavy (non-hydrogen) atoms. The van der Waals surface area contributed by atoms with Crippen LogP contribution in [0.15, 0.2) is 24.3 Å². The Morgan fingerprint density at radius 3 is 2.37 bits per heavy atom. The molecule has 106 valence electrons. The Kier molecular flexibility index (Phi) is 4.39. The van der Waals surface area contributed by atoms with Crippen molar-refractivity contribution in [2.45, 2.75) is 19.5 Å². The summed E-state index contributed by atoms with van der Waals surface area (Å²) < 4.78 is 38.6. The molecule has 1 N–H and O–H groups in total. The number of carbonyl (C=O) groups excluding carboxylic acids is 1. The summed E-state index contributed by atoms with van der Waals surface area (Å²) in [6.45, 7) is 0.666. The SMILES string of the molecule is C/C=C/C=C/C(=O)N1CCC(C(=O)O)(C(F)(F)F)C1. The van der Waals surface area contributed by atoms with Gasteiger partial charge < -0.3 is 10.0 Å². The number of hydrogen-bond donors (Lipinski definition) is 1. The number of carbonyl (C=O) groups is 2. The molecule has 0 radical (unpaired) electrons. The number of allylic oxidation sites excluding steroid dienone is 3. The Labute approximate surface area is 108 Å². The minimum Gasteiger partial charge on any atom is -0.481 e. The standard InChI is InChI=1S/C12H14F3NO3/c1-2-3-4-5-9(17)16-7-6-11(8-16,10(18)19)12(13,14)15/h2-5H,6-8H2,1H3,(H,18,19)/b3-2+,5-4+. The molecular weight excluding hydrogens is 263 g/mol. The Morgan fingerprint density at radius 2 is 1.95 bits per heavy atom. The summed E-state index contributed by atoms with van der Waals surface area (Å²) in [4.78, 5) is 23.4. The van der Waals surface area contributed by atoms with E-state index < -0.39 is 36.4 Å². The lowest BCUT2D eigenvalue weighted by Gasteiger charge is -2.26. The second kappa shape index (κ2) is 5.46. The van der Waals surface area contributed by atoms with Gasteiger partial charge in [0.05, 0.1) is 0 Å². The van der Waals surface area contributed by atoms with Gasteiger partial charge in [0.25, 0.3) is 0 Å². The smallest absolute Gasteiger partial charge is 0.406 e. The summed E-state index contributed by atoms with van der Waals surface area (Å²) in [6.07, 6.45) is 0.244. The van der Waals surface area contributed by atoms with Crippen LogP contribution in [0.25, 0.3) is 0 Å². The van der Waals surface area contributed by atoms with Crippen molar-refractivity contribution in [1.29, 1.82) is 0 Å². The Bertz CT molecular complexity index is 428. The van der Waals surface area contributed by atoms with Crippen LogP contribution in [0.3, 0.4) is 0 Å². The maximum absolute atomic E-state index is 12.9. The molecule has 1 heterocycles. The number of amides is 1. The molecule has 0 aromatic heterocycles. The molecule has 0 spiro atoms. The molecule has 1 rings (SSSR count). The topological polar surface area (TPSA) is 57.6 Å². The zero-order chi connectivity index (χ0) is 14.7. The fraction of sp³-hybridized carbons (Fsp3) is 0.500. The van der Waals surface area contributed by atoms with Crippen molar-refractivity contribution in [3.05, 3.63) is 24.3 Å². The molecule has 0 saturated carbocycles. The minimum absolute atomic E-state index is 0.217. The van der Waals surface area contributed by atoms with Gasteiger partial charge in [0.2, 0.25) is 5.91 Å². The predicted molar refractivity (Wildman–Crippen MR) is 61.3 cm³/mol. The molecule has 1 aliphatic rings. The van der Waals surface area contributed by atoms with E-state index in [0.29, 0.717) is 0 Å². The van der Waals surface area contributed by atoms with Crippen LogP contribution < -0.4 is 0 Å². The lowest BCUT2D eigenvalue weighted by atomic mass is 9.86. The third-order valence-corrected chi connectivity index (χ3v) is 3.08. The van der Waals surface area contributed by atoms with Gasteiger partial charge in [-0.25, -0.2) is 0 Å². The lowest BCUT2D eigenvalue weighted by Crippen LogP contribution is -2.47. The van der Waals surface area contributed by atoms with Crippen molar-refractivity contribution in [2.24, 2.45) is 5.41 Å². The first-order valence-electron chi connectivity index (χ1n) is 5.63. The largest absolute Gasteiger partial charge is 0.481 e. The lowest BCUT2D eigenvalue weighted by molar-refractivity contribution is -0.227. The van der Waals surface area contributed by atoms with E-state index in [4.69, 9.17) is 5.11 Å². The van der Waals surface area contributed by atoms with Crippen molar-refractivity contribution >= 4 is 11.9 Å². The molecule has 1 atom stereocenters. The van der Waals surface area contributed by atoms with Crippen LogP contribution >= 0.6 is 0 Å². The minimum atomic E-state index is -4.87. The fourth-order valence-corrected chi connectivity index (χ4v) is 1.88. The van der Waals surface area contributed by atoms with Crippen LogP contribution in [0.5, 0.6) is 0 Å². The highest BCUT2D eigenvalue weighted by molar-refractivity contribution is 5.89. The van der Waals surface area contributed by atoms with Crippen LogP contribution in [0.4, 0.5) is 13.2 Å². The highest BCUT2D eigenvalue weighted by atomic mass is 19.4. The van der Waals surface area contributed by atoms with E-state index in [9.17, 15) is 22.8 Å². The number of carboxylic acids is 1. The molecule has 4 nitrogen and oxygen atoms in total. The number of hydrogen-bond acceptors (Lipinski definition) is 2. The number of alkyl halides is 3. The third kappa shape index (κ3) is 2.97. The van der Waals surface area contributed by atoms with Gasteiger partial charge in [-0.1, -0.05) is 18.2 Å². The first-order chi connectivity index (χ1) is 8.74. The van der Waals surface area contributed by atoms with Gasteiger partial charge in [-0.2, -0.15) is 13.2 Å². The normalized spacial score (nSPS) is 24.5. The molecule has 1 unspecified atom stereocenters. The summed E-state index contributed by atoms with van der Waals surface area (Å²) in [6, 6.07) is 0. The maximum atomic E-state index is 12.9. The first kappa shape index (κ1) is 15.3. The van der Waals surface area contributed by atoms with Crippen molar-refractivity contribution < 1.29 is 27.9 Å². The number of rotatable bonds is 3. The van der Waals surface area contributed by atoms with Crippen LogP contribution in [0, 0.1) is 5.41 Å². The zero-order valence-corrected chi connectivity index (χ0v) is 10.3. The Balaban J connectivity index is 2.86. The number of aliphatic carboxylic acids is 1. The van der Waals surface area contributed by atoms with Gasteiger partial charge in [-0.3, -0.25) is 9.59 Å². The van der Waals surface area contributed by atoms with E-state index in [1.54, 1.807) is 19.1 Å². The maximum Gasteiger partial charge on any atom is 0.406 e. The second-order valence-electron chi connectivity index (χ2n) is 4.28. The average Bonchev–Trinajstić information content (AvgIpc) is 2.74. The molecule has 0 aromatic rings. The van der Waals surface area contributed by atoms with Crippen LogP contribution in [-0.2, 0) is 9.59 Å². The monoisotopic (exact) mass is 277 g/mol. The fourth-order valence-electron chi connectivity index (χ4n) is 1.88. The van der Waals surface area contributed by atoms with Crippen molar-refractivity contribution in [3.8, 4) is 0 Å². The summed E-state index contributed by atoms with van der Waals surface area (Å²) >= 11 is 0. The Hall–Kier alpha value is -1.79. The first-order valence-corrected chi connectivity index (χ1v) is 5.63.